The van der Waals surface area contributed by atoms with Crippen molar-refractivity contribution in [2.24, 2.45) is 7.05 Å². The van der Waals surface area contributed by atoms with Crippen molar-refractivity contribution in [1.82, 2.24) is 19.0 Å². The molecule has 7 nitrogen and oxygen atoms in total. The highest BCUT2D eigenvalue weighted by Crippen LogP contribution is 2.35. The van der Waals surface area contributed by atoms with Crippen molar-refractivity contribution < 1.29 is 14.2 Å². The van der Waals surface area contributed by atoms with Crippen LogP contribution in [-0.4, -0.2) is 58.5 Å². The molecule has 4 aromatic rings. The molecule has 0 radical (unpaired) electrons. The first-order chi connectivity index (χ1) is 17.4. The average molecular weight is 495 g/mol. The molecule has 0 saturated heterocycles. The normalized spacial score (nSPS) is 14.0. The molecule has 1 saturated carbocycles. The van der Waals surface area contributed by atoms with E-state index in [2.05, 4.69) is 9.88 Å². The second-order valence-corrected chi connectivity index (χ2v) is 9.52. The number of nitrogens with zero attached hydrogens (tertiary/aromatic N) is 4. The molecular formula is C28H35FN4O3. The Hall–Kier alpha value is -3.23. The first-order valence-corrected chi connectivity index (χ1v) is 12.5. The van der Waals surface area contributed by atoms with Crippen LogP contribution in [0.3, 0.4) is 0 Å². The maximum Gasteiger partial charge on any atom is 0.329 e. The lowest BCUT2D eigenvalue weighted by Crippen LogP contribution is -2.24. The molecule has 1 aliphatic carbocycles. The van der Waals surface area contributed by atoms with E-state index < -0.39 is 0 Å². The predicted octanol–water partition coefficient (Wildman–Crippen LogP) is 4.75. The van der Waals surface area contributed by atoms with Gasteiger partial charge in [-0.1, -0.05) is 25.0 Å². The molecule has 2 heterocycles. The van der Waals surface area contributed by atoms with Crippen LogP contribution < -0.4 is 10.4 Å². The number of fused-ring (bicyclic) bond motifs is 3. The van der Waals surface area contributed by atoms with Gasteiger partial charge in [-0.15, -0.1) is 0 Å². The van der Waals surface area contributed by atoms with Crippen molar-refractivity contribution >= 4 is 21.9 Å². The lowest BCUT2D eigenvalue weighted by Gasteiger charge is -2.14. The Labute approximate surface area is 210 Å². The molecule has 1 aliphatic rings. The van der Waals surface area contributed by atoms with Crippen molar-refractivity contribution in [2.75, 3.05) is 34.4 Å². The molecule has 2 aromatic heterocycles. The number of rotatable bonds is 7. The number of ether oxygens (including phenoxy) is 1. The molecule has 0 atom stereocenters. The van der Waals surface area contributed by atoms with E-state index in [4.69, 9.17) is 9.84 Å². The Morgan fingerprint density at radius 3 is 2.50 bits per heavy atom. The minimum atomic E-state index is -0.329. The van der Waals surface area contributed by atoms with Crippen LogP contribution in [-0.2, 0) is 7.05 Å². The van der Waals surface area contributed by atoms with Gasteiger partial charge >= 0.3 is 5.69 Å². The highest BCUT2D eigenvalue weighted by Gasteiger charge is 2.24. The third-order valence-corrected chi connectivity index (χ3v) is 6.88. The highest BCUT2D eigenvalue weighted by molar-refractivity contribution is 6.04. The van der Waals surface area contributed by atoms with Crippen molar-refractivity contribution in [2.45, 2.75) is 38.1 Å². The number of benzene rings is 2. The maximum absolute atomic E-state index is 15.2. The van der Waals surface area contributed by atoms with Gasteiger partial charge < -0.3 is 14.7 Å². The summed E-state index contributed by atoms with van der Waals surface area (Å²) in [5.74, 6) is 0.440. The SMILES string of the molecule is CN(C)CCCOc1ccc(-c2cc3c(cc2F)ncc2c3n(C3CCCC3)c(=O)n2C)cc1.CO. The molecule has 36 heavy (non-hydrogen) atoms. The molecular weight excluding hydrogens is 459 g/mol. The van der Waals surface area contributed by atoms with E-state index in [9.17, 15) is 4.79 Å². The van der Waals surface area contributed by atoms with E-state index in [0.717, 1.165) is 73.5 Å². The van der Waals surface area contributed by atoms with Crippen LogP contribution in [0.1, 0.15) is 38.1 Å². The van der Waals surface area contributed by atoms with Gasteiger partial charge in [0.05, 0.1) is 29.4 Å². The van der Waals surface area contributed by atoms with E-state index in [0.29, 0.717) is 17.7 Å². The van der Waals surface area contributed by atoms with Crippen LogP contribution in [0.4, 0.5) is 4.39 Å². The summed E-state index contributed by atoms with van der Waals surface area (Å²) in [7, 11) is 6.86. The number of aromatic nitrogens is 3. The van der Waals surface area contributed by atoms with Gasteiger partial charge in [0.15, 0.2) is 0 Å². The summed E-state index contributed by atoms with van der Waals surface area (Å²) >= 11 is 0. The quantitative estimate of drug-likeness (QED) is 0.376. The summed E-state index contributed by atoms with van der Waals surface area (Å²) in [4.78, 5) is 19.7. The third kappa shape index (κ3) is 5.01. The van der Waals surface area contributed by atoms with E-state index in [1.165, 1.54) is 6.07 Å². The summed E-state index contributed by atoms with van der Waals surface area (Å²) in [6.45, 7) is 1.60. The molecule has 2 aromatic carbocycles. The number of aliphatic hydroxyl groups excluding tert-OH is 1. The zero-order valence-electron chi connectivity index (χ0n) is 21.5. The van der Waals surface area contributed by atoms with Crippen LogP contribution in [0.25, 0.3) is 33.1 Å². The fourth-order valence-corrected chi connectivity index (χ4v) is 5.07. The summed E-state index contributed by atoms with van der Waals surface area (Å²) in [5.41, 5.74) is 3.43. The first-order valence-electron chi connectivity index (χ1n) is 12.5. The summed E-state index contributed by atoms with van der Waals surface area (Å²) in [5, 5.41) is 7.81. The van der Waals surface area contributed by atoms with Gasteiger partial charge in [-0.25, -0.2) is 9.18 Å². The Kier molecular flexibility index (Phi) is 8.06. The van der Waals surface area contributed by atoms with Crippen LogP contribution in [0, 0.1) is 5.82 Å². The Bertz CT molecular complexity index is 1390. The van der Waals surface area contributed by atoms with Gasteiger partial charge in [0.25, 0.3) is 0 Å². The van der Waals surface area contributed by atoms with Gasteiger partial charge in [-0.3, -0.25) is 14.1 Å². The van der Waals surface area contributed by atoms with Crippen molar-refractivity contribution in [1.29, 1.82) is 0 Å². The van der Waals surface area contributed by atoms with E-state index in [1.54, 1.807) is 17.8 Å². The largest absolute Gasteiger partial charge is 0.494 e. The van der Waals surface area contributed by atoms with Crippen LogP contribution in [0.15, 0.2) is 47.4 Å². The Balaban J connectivity index is 0.00000148. The Morgan fingerprint density at radius 2 is 1.83 bits per heavy atom. The van der Waals surface area contributed by atoms with E-state index >= 15 is 4.39 Å². The number of aliphatic hydroxyl groups is 1. The molecule has 8 heteroatoms. The molecule has 1 N–H and O–H groups in total. The molecule has 5 rings (SSSR count). The second kappa shape index (κ2) is 11.2. The fourth-order valence-electron chi connectivity index (χ4n) is 5.07. The van der Waals surface area contributed by atoms with Crippen molar-refractivity contribution in [3.05, 3.63) is 58.9 Å². The standard InChI is InChI=1S/C27H31FN4O2.CH4O/c1-30(2)13-6-14-34-20-11-9-18(10-12-20)21-15-22-24(16-23(21)28)29-17-25-26(22)32(27(33)31(25)3)19-7-4-5-8-19;1-2/h9-12,15-17,19H,4-8,13-14H2,1-3H3;2H,1H3. The molecule has 0 bridgehead atoms. The van der Waals surface area contributed by atoms with Gasteiger partial charge in [-0.05, 0) is 57.1 Å². The van der Waals surface area contributed by atoms with Crippen LogP contribution >= 0.6 is 0 Å². The number of hydrogen-bond donors (Lipinski definition) is 1. The molecule has 0 spiro atoms. The smallest absolute Gasteiger partial charge is 0.329 e. The molecule has 0 amide bonds. The topological polar surface area (TPSA) is 72.5 Å². The first kappa shape index (κ1) is 25.9. The number of imidazole rings is 1. The summed E-state index contributed by atoms with van der Waals surface area (Å²) in [6, 6.07) is 11.0. The molecule has 0 aliphatic heterocycles. The zero-order valence-corrected chi connectivity index (χ0v) is 21.5. The molecule has 1 fully saturated rings. The lowest BCUT2D eigenvalue weighted by molar-refractivity contribution is 0.281. The second-order valence-electron chi connectivity index (χ2n) is 9.52. The number of hydrogen-bond acceptors (Lipinski definition) is 5. The van der Waals surface area contributed by atoms with E-state index in [-0.39, 0.29) is 17.5 Å². The van der Waals surface area contributed by atoms with Gasteiger partial charge in [-0.2, -0.15) is 0 Å². The molecule has 0 unspecified atom stereocenters. The number of pyridine rings is 1. The summed E-state index contributed by atoms with van der Waals surface area (Å²) in [6.07, 6.45) is 6.86. The predicted molar refractivity (Wildman–Crippen MR) is 142 cm³/mol. The highest BCUT2D eigenvalue weighted by atomic mass is 19.1. The van der Waals surface area contributed by atoms with Gasteiger partial charge in [0.1, 0.15) is 11.6 Å². The van der Waals surface area contributed by atoms with Gasteiger partial charge in [0, 0.05) is 43.8 Å². The third-order valence-electron chi connectivity index (χ3n) is 6.88. The monoisotopic (exact) mass is 494 g/mol. The number of halogens is 1. The minimum Gasteiger partial charge on any atom is -0.494 e. The van der Waals surface area contributed by atoms with Crippen LogP contribution in [0.5, 0.6) is 5.75 Å². The van der Waals surface area contributed by atoms with E-state index in [1.807, 2.05) is 49.0 Å². The lowest BCUT2D eigenvalue weighted by atomic mass is 10.0. The van der Waals surface area contributed by atoms with Gasteiger partial charge in [0.2, 0.25) is 0 Å². The molecule has 192 valence electrons. The average Bonchev–Trinajstić information content (AvgIpc) is 3.50. The Morgan fingerprint density at radius 1 is 1.14 bits per heavy atom. The zero-order chi connectivity index (χ0) is 25.8. The minimum absolute atomic E-state index is 0.0298. The fraction of sp³-hybridized carbons (Fsp3) is 0.429. The van der Waals surface area contributed by atoms with Crippen molar-refractivity contribution in [3.63, 3.8) is 0 Å². The maximum atomic E-state index is 15.2. The van der Waals surface area contributed by atoms with Crippen LogP contribution in [0.2, 0.25) is 0 Å². The van der Waals surface area contributed by atoms with Crippen molar-refractivity contribution in [3.8, 4) is 16.9 Å². The summed E-state index contributed by atoms with van der Waals surface area (Å²) < 4.78 is 24.6. The number of aryl methyl sites for hydroxylation is 1.